The number of aldehydes is 1. The molecule has 0 saturated heterocycles. The number of carbonyl (C=O) groups excluding carboxylic acids is 1. The SMILES string of the molecule is CC(C)(C)[Si](OCC1CCCCC1C=O)(c1ccccc1)c1ccccc1. The van der Waals surface area contributed by atoms with Gasteiger partial charge in [-0.1, -0.05) is 94.3 Å². The predicted octanol–water partition coefficient (Wildman–Crippen LogP) is 4.57. The second kappa shape index (κ2) is 8.53. The highest BCUT2D eigenvalue weighted by atomic mass is 28.4. The minimum atomic E-state index is -2.49. The summed E-state index contributed by atoms with van der Waals surface area (Å²) in [5.74, 6) is 0.495. The first-order valence-corrected chi connectivity index (χ1v) is 12.1. The molecule has 144 valence electrons. The Bertz CT molecular complexity index is 682. The van der Waals surface area contributed by atoms with E-state index < -0.39 is 8.32 Å². The molecule has 0 bridgehead atoms. The molecule has 0 spiro atoms. The summed E-state index contributed by atoms with van der Waals surface area (Å²) in [5.41, 5.74) is 0. The summed E-state index contributed by atoms with van der Waals surface area (Å²) >= 11 is 0. The molecule has 0 aromatic heterocycles. The number of rotatable bonds is 6. The van der Waals surface area contributed by atoms with E-state index in [0.29, 0.717) is 12.5 Å². The van der Waals surface area contributed by atoms with Gasteiger partial charge in [0.1, 0.15) is 6.29 Å². The Morgan fingerprint density at radius 3 is 1.93 bits per heavy atom. The minimum absolute atomic E-state index is 0.0128. The van der Waals surface area contributed by atoms with Gasteiger partial charge in [-0.25, -0.2) is 0 Å². The molecule has 0 heterocycles. The maximum absolute atomic E-state index is 11.6. The first-order chi connectivity index (χ1) is 13.0. The van der Waals surface area contributed by atoms with Crippen molar-refractivity contribution in [2.45, 2.75) is 51.5 Å². The second-order valence-corrected chi connectivity index (χ2v) is 13.1. The molecule has 0 radical (unpaired) electrons. The van der Waals surface area contributed by atoms with Crippen LogP contribution >= 0.6 is 0 Å². The maximum Gasteiger partial charge on any atom is 0.261 e. The first-order valence-electron chi connectivity index (χ1n) is 10.2. The van der Waals surface area contributed by atoms with Crippen LogP contribution in [0.5, 0.6) is 0 Å². The van der Waals surface area contributed by atoms with Crippen molar-refractivity contribution in [3.05, 3.63) is 60.7 Å². The fraction of sp³-hybridized carbons (Fsp3) is 0.458. The van der Waals surface area contributed by atoms with E-state index >= 15 is 0 Å². The van der Waals surface area contributed by atoms with Crippen molar-refractivity contribution in [1.29, 1.82) is 0 Å². The van der Waals surface area contributed by atoms with Crippen LogP contribution in [0.2, 0.25) is 5.04 Å². The van der Waals surface area contributed by atoms with Crippen LogP contribution in [0, 0.1) is 11.8 Å². The van der Waals surface area contributed by atoms with Gasteiger partial charge >= 0.3 is 0 Å². The Kier molecular flexibility index (Phi) is 6.33. The summed E-state index contributed by atoms with van der Waals surface area (Å²) in [6.07, 6.45) is 5.65. The van der Waals surface area contributed by atoms with Gasteiger partial charge in [0, 0.05) is 12.5 Å². The maximum atomic E-state index is 11.6. The van der Waals surface area contributed by atoms with Crippen molar-refractivity contribution in [2.75, 3.05) is 6.61 Å². The molecule has 1 saturated carbocycles. The molecule has 1 fully saturated rings. The van der Waals surface area contributed by atoms with E-state index in [-0.39, 0.29) is 11.0 Å². The van der Waals surface area contributed by atoms with Gasteiger partial charge in [-0.3, -0.25) is 0 Å². The molecular weight excluding hydrogens is 348 g/mol. The summed E-state index contributed by atoms with van der Waals surface area (Å²) in [7, 11) is -2.49. The van der Waals surface area contributed by atoms with E-state index in [9.17, 15) is 4.79 Å². The van der Waals surface area contributed by atoms with Crippen molar-refractivity contribution < 1.29 is 9.22 Å². The average molecular weight is 381 g/mol. The molecular formula is C24H32O2Si. The lowest BCUT2D eigenvalue weighted by Gasteiger charge is -2.44. The summed E-state index contributed by atoms with van der Waals surface area (Å²) in [5, 5.41) is 2.60. The molecule has 0 amide bonds. The van der Waals surface area contributed by atoms with E-state index in [1.807, 2.05) is 0 Å². The average Bonchev–Trinajstić information content (AvgIpc) is 2.69. The van der Waals surface area contributed by atoms with E-state index in [1.165, 1.54) is 29.5 Å². The molecule has 27 heavy (non-hydrogen) atoms. The van der Waals surface area contributed by atoms with E-state index in [2.05, 4.69) is 81.4 Å². The predicted molar refractivity (Wildman–Crippen MR) is 115 cm³/mol. The van der Waals surface area contributed by atoms with Gasteiger partial charge < -0.3 is 9.22 Å². The fourth-order valence-corrected chi connectivity index (χ4v) is 9.24. The molecule has 0 aliphatic heterocycles. The third kappa shape index (κ3) is 4.09. The second-order valence-electron chi connectivity index (χ2n) is 8.82. The topological polar surface area (TPSA) is 26.3 Å². The molecule has 1 aliphatic carbocycles. The fourth-order valence-electron chi connectivity index (χ4n) is 4.62. The molecule has 1 aliphatic rings. The van der Waals surface area contributed by atoms with Crippen molar-refractivity contribution in [3.8, 4) is 0 Å². The third-order valence-corrected chi connectivity index (χ3v) is 11.1. The Hall–Kier alpha value is -1.71. The third-order valence-electron chi connectivity index (χ3n) is 6.07. The molecule has 2 atom stereocenters. The van der Waals surface area contributed by atoms with Gasteiger partial charge in [-0.05, 0) is 34.2 Å². The lowest BCUT2D eigenvalue weighted by atomic mass is 9.81. The first kappa shape index (κ1) is 20.0. The molecule has 2 unspecified atom stereocenters. The van der Waals surface area contributed by atoms with Gasteiger partial charge in [0.2, 0.25) is 0 Å². The van der Waals surface area contributed by atoms with Crippen LogP contribution in [0.15, 0.2) is 60.7 Å². The smallest absolute Gasteiger partial charge is 0.261 e. The number of hydrogen-bond acceptors (Lipinski definition) is 2. The van der Waals surface area contributed by atoms with Crippen molar-refractivity contribution in [3.63, 3.8) is 0 Å². The van der Waals surface area contributed by atoms with Gasteiger partial charge in [-0.2, -0.15) is 0 Å². The minimum Gasteiger partial charge on any atom is -0.407 e. The van der Waals surface area contributed by atoms with E-state index in [0.717, 1.165) is 12.8 Å². The van der Waals surface area contributed by atoms with E-state index in [4.69, 9.17) is 4.43 Å². The standard InChI is InChI=1S/C24H32O2Si/c1-24(2,3)27(22-14-6-4-7-15-22,23-16-8-5-9-17-23)26-19-21-13-11-10-12-20(21)18-25/h4-9,14-18,20-21H,10-13,19H2,1-3H3. The summed E-state index contributed by atoms with van der Waals surface area (Å²) < 4.78 is 7.02. The highest BCUT2D eigenvalue weighted by Crippen LogP contribution is 2.38. The normalized spacial score (nSPS) is 21.0. The Labute approximate surface area is 165 Å². The number of benzene rings is 2. The Morgan fingerprint density at radius 2 is 1.44 bits per heavy atom. The van der Waals surface area contributed by atoms with Gasteiger partial charge in [0.05, 0.1) is 0 Å². The van der Waals surface area contributed by atoms with Crippen LogP contribution in [0.4, 0.5) is 0 Å². The number of hydrogen-bond donors (Lipinski definition) is 0. The summed E-state index contributed by atoms with van der Waals surface area (Å²) in [4.78, 5) is 11.6. The van der Waals surface area contributed by atoms with Gasteiger partial charge in [-0.15, -0.1) is 0 Å². The largest absolute Gasteiger partial charge is 0.407 e. The van der Waals surface area contributed by atoms with Crippen molar-refractivity contribution in [1.82, 2.24) is 0 Å². The number of carbonyl (C=O) groups is 1. The quantitative estimate of drug-likeness (QED) is 0.542. The Balaban J connectivity index is 2.02. The summed E-state index contributed by atoms with van der Waals surface area (Å²) in [6, 6.07) is 21.5. The van der Waals surface area contributed by atoms with Crippen LogP contribution in [0.25, 0.3) is 0 Å². The Morgan fingerprint density at radius 1 is 0.926 bits per heavy atom. The monoisotopic (exact) mass is 380 g/mol. The van der Waals surface area contributed by atoms with Crippen LogP contribution in [0.1, 0.15) is 46.5 Å². The molecule has 2 aromatic rings. The van der Waals surface area contributed by atoms with Crippen LogP contribution < -0.4 is 10.4 Å². The molecule has 3 rings (SSSR count). The van der Waals surface area contributed by atoms with Gasteiger partial charge in [0.25, 0.3) is 8.32 Å². The van der Waals surface area contributed by atoms with Crippen molar-refractivity contribution in [2.24, 2.45) is 11.8 Å². The zero-order valence-corrected chi connectivity index (χ0v) is 17.9. The zero-order valence-electron chi connectivity index (χ0n) is 16.9. The lowest BCUT2D eigenvalue weighted by molar-refractivity contribution is -0.114. The van der Waals surface area contributed by atoms with Gasteiger partial charge in [0.15, 0.2) is 0 Å². The van der Waals surface area contributed by atoms with E-state index in [1.54, 1.807) is 0 Å². The molecule has 0 N–H and O–H groups in total. The zero-order chi connectivity index (χ0) is 19.3. The highest BCUT2D eigenvalue weighted by molar-refractivity contribution is 6.99. The van der Waals surface area contributed by atoms with Crippen molar-refractivity contribution >= 4 is 25.0 Å². The summed E-state index contributed by atoms with van der Waals surface area (Å²) in [6.45, 7) is 7.59. The molecule has 2 nitrogen and oxygen atoms in total. The molecule has 3 heteroatoms. The highest BCUT2D eigenvalue weighted by Gasteiger charge is 2.50. The van der Waals surface area contributed by atoms with Crippen LogP contribution in [0.3, 0.4) is 0 Å². The molecule has 2 aromatic carbocycles. The lowest BCUT2D eigenvalue weighted by Crippen LogP contribution is -2.67. The van der Waals surface area contributed by atoms with Crippen LogP contribution in [-0.4, -0.2) is 21.2 Å². The van der Waals surface area contributed by atoms with Crippen LogP contribution in [-0.2, 0) is 9.22 Å².